The van der Waals surface area contributed by atoms with Gasteiger partial charge < -0.3 is 0 Å². The van der Waals surface area contributed by atoms with Crippen LogP contribution in [0, 0.1) is 11.7 Å². The molecule has 2 aromatic rings. The summed E-state index contributed by atoms with van der Waals surface area (Å²) in [5.41, 5.74) is 3.77. The van der Waals surface area contributed by atoms with Crippen LogP contribution < -0.4 is 0 Å². The van der Waals surface area contributed by atoms with E-state index in [-0.39, 0.29) is 0 Å². The van der Waals surface area contributed by atoms with Gasteiger partial charge in [-0.05, 0) is 48.8 Å². The van der Waals surface area contributed by atoms with Crippen molar-refractivity contribution in [1.82, 2.24) is 14.8 Å². The topological polar surface area (TPSA) is 33.6 Å². The fraction of sp³-hybridized carbons (Fsp3) is 0.385. The molecule has 0 amide bonds. The van der Waals surface area contributed by atoms with Crippen LogP contribution in [0.1, 0.15) is 30.8 Å². The van der Waals surface area contributed by atoms with Gasteiger partial charge >= 0.3 is 0 Å². The van der Waals surface area contributed by atoms with E-state index in [9.17, 15) is 0 Å². The van der Waals surface area contributed by atoms with Crippen molar-refractivity contribution in [2.24, 2.45) is 0 Å². The van der Waals surface area contributed by atoms with Gasteiger partial charge in [-0.1, -0.05) is 19.9 Å². The van der Waals surface area contributed by atoms with Crippen molar-refractivity contribution in [1.29, 1.82) is 0 Å². The molecular weight excluding hydrogens is 230 g/mol. The van der Waals surface area contributed by atoms with E-state index in [4.69, 9.17) is 12.2 Å². The van der Waals surface area contributed by atoms with Crippen LogP contribution >= 0.6 is 12.2 Å². The Labute approximate surface area is 106 Å². The first-order valence-corrected chi connectivity index (χ1v) is 6.34. The molecule has 0 fully saturated rings. The number of nitrogens with zero attached hydrogens (tertiary/aromatic N) is 2. The first-order valence-electron chi connectivity index (χ1n) is 5.93. The van der Waals surface area contributed by atoms with Crippen molar-refractivity contribution in [3.63, 3.8) is 0 Å². The van der Waals surface area contributed by atoms with Crippen molar-refractivity contribution in [2.75, 3.05) is 0 Å². The first kappa shape index (κ1) is 12.0. The fourth-order valence-electron chi connectivity index (χ4n) is 2.05. The Hall–Kier alpha value is -1.42. The molecule has 17 heavy (non-hydrogen) atoms. The molecule has 0 spiro atoms. The number of H-pyrrole nitrogens is 1. The molecule has 1 aromatic carbocycles. The van der Waals surface area contributed by atoms with Crippen molar-refractivity contribution in [3.05, 3.63) is 39.9 Å². The summed E-state index contributed by atoms with van der Waals surface area (Å²) in [5.74, 6) is 0.971. The van der Waals surface area contributed by atoms with Crippen molar-refractivity contribution < 1.29 is 0 Å². The number of aryl methyl sites for hydroxylation is 3. The second kappa shape index (κ2) is 4.84. The van der Waals surface area contributed by atoms with Crippen molar-refractivity contribution in [2.45, 2.75) is 33.6 Å². The van der Waals surface area contributed by atoms with E-state index in [1.807, 2.05) is 4.57 Å². The molecule has 4 heteroatoms. The highest BCUT2D eigenvalue weighted by Gasteiger charge is 2.07. The second-order valence-corrected chi connectivity index (χ2v) is 4.48. The second-order valence-electron chi connectivity index (χ2n) is 4.10. The van der Waals surface area contributed by atoms with Gasteiger partial charge in [0.15, 0.2) is 4.77 Å². The van der Waals surface area contributed by atoms with Gasteiger partial charge in [0.1, 0.15) is 5.82 Å². The van der Waals surface area contributed by atoms with E-state index in [1.54, 1.807) is 0 Å². The van der Waals surface area contributed by atoms with E-state index in [1.165, 1.54) is 11.1 Å². The maximum absolute atomic E-state index is 5.27. The number of rotatable bonds is 3. The summed E-state index contributed by atoms with van der Waals surface area (Å²) < 4.78 is 2.66. The number of hydrogen-bond acceptors (Lipinski definition) is 2. The Kier molecular flexibility index (Phi) is 3.43. The smallest absolute Gasteiger partial charge is 0.199 e. The number of aromatic nitrogens is 3. The molecule has 0 saturated heterocycles. The molecule has 0 radical (unpaired) electrons. The number of aromatic amines is 1. The zero-order chi connectivity index (χ0) is 12.4. The molecular formula is C13H17N3S. The Morgan fingerprint density at radius 1 is 1.29 bits per heavy atom. The van der Waals surface area contributed by atoms with Crippen LogP contribution in [0.5, 0.6) is 0 Å². The Bertz CT molecular complexity index is 581. The normalized spacial score (nSPS) is 10.8. The molecule has 0 saturated carbocycles. The zero-order valence-corrected chi connectivity index (χ0v) is 11.3. The van der Waals surface area contributed by atoms with Crippen molar-refractivity contribution in [3.8, 4) is 5.69 Å². The van der Waals surface area contributed by atoms with Gasteiger partial charge in [-0.15, -0.1) is 0 Å². The van der Waals surface area contributed by atoms with Gasteiger partial charge in [0, 0.05) is 12.1 Å². The Morgan fingerprint density at radius 2 is 2.06 bits per heavy atom. The maximum Gasteiger partial charge on any atom is 0.199 e. The number of hydrogen-bond donors (Lipinski definition) is 1. The third-order valence-electron chi connectivity index (χ3n) is 3.02. The number of benzene rings is 1. The average Bonchev–Trinajstić information content (AvgIpc) is 2.70. The first-order chi connectivity index (χ1) is 8.17. The van der Waals surface area contributed by atoms with E-state index in [0.29, 0.717) is 4.77 Å². The molecule has 0 atom stereocenters. The summed E-state index contributed by atoms with van der Waals surface area (Å²) in [6, 6.07) is 6.44. The van der Waals surface area contributed by atoms with Crippen LogP contribution in [0.3, 0.4) is 0 Å². The van der Waals surface area contributed by atoms with Gasteiger partial charge in [-0.3, -0.25) is 9.67 Å². The molecule has 1 heterocycles. The third-order valence-corrected chi connectivity index (χ3v) is 3.30. The predicted octanol–water partition coefficient (Wildman–Crippen LogP) is 3.36. The molecule has 90 valence electrons. The van der Waals surface area contributed by atoms with Crippen LogP contribution in [-0.4, -0.2) is 14.8 Å². The van der Waals surface area contributed by atoms with Gasteiger partial charge in [0.05, 0.1) is 0 Å². The van der Waals surface area contributed by atoms with E-state index in [0.717, 1.165) is 24.4 Å². The SMILES string of the molecule is CCc1ccc(-n2c(CC)n[nH]c2=S)cc1C. The fourth-order valence-corrected chi connectivity index (χ4v) is 2.31. The molecule has 0 aliphatic rings. The minimum atomic E-state index is 0.658. The van der Waals surface area contributed by atoms with Crippen LogP contribution in [0.25, 0.3) is 5.69 Å². The van der Waals surface area contributed by atoms with Gasteiger partial charge in [-0.25, -0.2) is 0 Å². The summed E-state index contributed by atoms with van der Waals surface area (Å²) >= 11 is 5.27. The van der Waals surface area contributed by atoms with Gasteiger partial charge in [-0.2, -0.15) is 5.10 Å². The van der Waals surface area contributed by atoms with E-state index < -0.39 is 0 Å². The molecule has 2 rings (SSSR count). The number of nitrogens with one attached hydrogen (secondary N) is 1. The molecule has 1 N–H and O–H groups in total. The van der Waals surface area contributed by atoms with Crippen LogP contribution in [0.4, 0.5) is 0 Å². The zero-order valence-electron chi connectivity index (χ0n) is 10.4. The highest BCUT2D eigenvalue weighted by molar-refractivity contribution is 7.71. The average molecular weight is 247 g/mol. The molecule has 0 unspecified atom stereocenters. The Balaban J connectivity index is 2.57. The third kappa shape index (κ3) is 2.17. The molecule has 0 bridgehead atoms. The summed E-state index contributed by atoms with van der Waals surface area (Å²) in [5, 5.41) is 7.08. The summed E-state index contributed by atoms with van der Waals surface area (Å²) in [4.78, 5) is 0. The maximum atomic E-state index is 5.27. The van der Waals surface area contributed by atoms with Crippen LogP contribution in [0.2, 0.25) is 0 Å². The monoisotopic (exact) mass is 247 g/mol. The summed E-state index contributed by atoms with van der Waals surface area (Å²) in [7, 11) is 0. The molecule has 3 nitrogen and oxygen atoms in total. The molecule has 0 aliphatic carbocycles. The summed E-state index contributed by atoms with van der Waals surface area (Å²) in [6.07, 6.45) is 1.92. The standard InChI is InChI=1S/C13H17N3S/c1-4-10-6-7-11(8-9(10)3)16-12(5-2)14-15-13(16)17/h6-8H,4-5H2,1-3H3,(H,15,17). The minimum absolute atomic E-state index is 0.658. The van der Waals surface area contributed by atoms with E-state index >= 15 is 0 Å². The lowest BCUT2D eigenvalue weighted by Gasteiger charge is -2.09. The Morgan fingerprint density at radius 3 is 2.65 bits per heavy atom. The van der Waals surface area contributed by atoms with Crippen molar-refractivity contribution >= 4 is 12.2 Å². The van der Waals surface area contributed by atoms with Gasteiger partial charge in [0.25, 0.3) is 0 Å². The largest absolute Gasteiger partial charge is 0.272 e. The van der Waals surface area contributed by atoms with E-state index in [2.05, 4.69) is 49.2 Å². The lowest BCUT2D eigenvalue weighted by atomic mass is 10.1. The lowest BCUT2D eigenvalue weighted by Crippen LogP contribution is -2.01. The quantitative estimate of drug-likeness (QED) is 0.844. The highest BCUT2D eigenvalue weighted by Crippen LogP contribution is 2.17. The van der Waals surface area contributed by atoms with Gasteiger partial charge in [0.2, 0.25) is 0 Å². The molecule has 1 aromatic heterocycles. The highest BCUT2D eigenvalue weighted by atomic mass is 32.1. The summed E-state index contributed by atoms with van der Waals surface area (Å²) in [6.45, 7) is 6.38. The molecule has 0 aliphatic heterocycles. The van der Waals surface area contributed by atoms with Crippen LogP contribution in [0.15, 0.2) is 18.2 Å². The lowest BCUT2D eigenvalue weighted by molar-refractivity contribution is 0.878. The predicted molar refractivity (Wildman–Crippen MR) is 72.2 cm³/mol. The van der Waals surface area contributed by atoms with Crippen LogP contribution in [-0.2, 0) is 12.8 Å². The minimum Gasteiger partial charge on any atom is -0.272 e.